The maximum absolute atomic E-state index is 11.8. The van der Waals surface area contributed by atoms with Gasteiger partial charge in [-0.25, -0.2) is 14.8 Å². The van der Waals surface area contributed by atoms with Crippen molar-refractivity contribution < 1.29 is 0 Å². The molecule has 2 heterocycles. The van der Waals surface area contributed by atoms with Crippen LogP contribution in [0, 0.1) is 6.92 Å². The van der Waals surface area contributed by atoms with Gasteiger partial charge in [0.25, 0.3) is 5.56 Å². The molecule has 21 heavy (non-hydrogen) atoms. The lowest BCUT2D eigenvalue weighted by Gasteiger charge is -2.24. The Morgan fingerprint density at radius 2 is 2.19 bits per heavy atom. The van der Waals surface area contributed by atoms with E-state index in [1.54, 1.807) is 13.1 Å². The molecule has 0 aromatic carbocycles. The number of aromatic nitrogens is 4. The van der Waals surface area contributed by atoms with Crippen LogP contribution >= 0.6 is 0 Å². The summed E-state index contributed by atoms with van der Waals surface area (Å²) in [6.45, 7) is 4.61. The number of hydrogen-bond donors (Lipinski definition) is 1. The molecule has 7 nitrogen and oxygen atoms in total. The molecule has 112 valence electrons. The molecule has 1 N–H and O–H groups in total. The van der Waals surface area contributed by atoms with E-state index in [9.17, 15) is 9.59 Å². The lowest BCUT2D eigenvalue weighted by Crippen LogP contribution is -2.38. The average molecular weight is 289 g/mol. The Labute approximate surface area is 122 Å². The molecule has 0 radical (unpaired) electrons. The van der Waals surface area contributed by atoms with Crippen LogP contribution in [0.5, 0.6) is 0 Å². The van der Waals surface area contributed by atoms with E-state index < -0.39 is 0 Å². The van der Waals surface area contributed by atoms with Crippen molar-refractivity contribution in [2.24, 2.45) is 0 Å². The minimum absolute atomic E-state index is 0.0771. The lowest BCUT2D eigenvalue weighted by atomic mass is 10.2. The van der Waals surface area contributed by atoms with Crippen molar-refractivity contribution in [3.8, 4) is 0 Å². The molecule has 7 heteroatoms. The summed E-state index contributed by atoms with van der Waals surface area (Å²) in [5, 5.41) is 0. The van der Waals surface area contributed by atoms with Gasteiger partial charge >= 0.3 is 5.69 Å². The molecule has 0 aliphatic carbocycles. The quantitative estimate of drug-likeness (QED) is 0.857. The molecule has 0 saturated heterocycles. The van der Waals surface area contributed by atoms with E-state index in [1.807, 2.05) is 24.9 Å². The van der Waals surface area contributed by atoms with Crippen molar-refractivity contribution in [3.63, 3.8) is 0 Å². The number of aryl methyl sites for hydroxylation is 1. The van der Waals surface area contributed by atoms with Crippen LogP contribution in [0.25, 0.3) is 0 Å². The number of aromatic amines is 1. The molecule has 0 unspecified atom stereocenters. The molecule has 2 aromatic rings. The molecule has 0 amide bonds. The number of H-pyrrole nitrogens is 1. The Morgan fingerprint density at radius 1 is 1.43 bits per heavy atom. The molecule has 1 atom stereocenters. The van der Waals surface area contributed by atoms with Crippen molar-refractivity contribution >= 4 is 0 Å². The predicted molar refractivity (Wildman–Crippen MR) is 79.1 cm³/mol. The average Bonchev–Trinajstić information content (AvgIpc) is 2.46. The van der Waals surface area contributed by atoms with Crippen LogP contribution < -0.4 is 11.2 Å². The molecular weight excluding hydrogens is 270 g/mol. The second-order valence-electron chi connectivity index (χ2n) is 5.04. The summed E-state index contributed by atoms with van der Waals surface area (Å²) < 4.78 is 1.20. The minimum atomic E-state index is -0.372. The number of nitrogens with zero attached hydrogens (tertiary/aromatic N) is 4. The predicted octanol–water partition coefficient (Wildman–Crippen LogP) is 0.328. The van der Waals surface area contributed by atoms with Crippen molar-refractivity contribution in [2.75, 3.05) is 13.6 Å². The Balaban J connectivity index is 2.07. The highest BCUT2D eigenvalue weighted by atomic mass is 16.2. The molecular formula is C14H19N5O2. The summed E-state index contributed by atoms with van der Waals surface area (Å²) in [7, 11) is 1.93. The summed E-state index contributed by atoms with van der Waals surface area (Å²) in [5.74, 6) is 0. The molecule has 2 rings (SSSR count). The monoisotopic (exact) mass is 289 g/mol. The first-order valence-corrected chi connectivity index (χ1v) is 6.76. The van der Waals surface area contributed by atoms with Gasteiger partial charge in [0.05, 0.1) is 5.69 Å². The minimum Gasteiger partial charge on any atom is -0.311 e. The van der Waals surface area contributed by atoms with Gasteiger partial charge < -0.3 is 4.98 Å². The van der Waals surface area contributed by atoms with Crippen molar-refractivity contribution in [1.29, 1.82) is 0 Å². The van der Waals surface area contributed by atoms with E-state index in [4.69, 9.17) is 0 Å². The smallest absolute Gasteiger partial charge is 0.311 e. The Hall–Kier alpha value is -2.28. The van der Waals surface area contributed by atoms with Crippen LogP contribution in [0.1, 0.15) is 24.4 Å². The van der Waals surface area contributed by atoms with Gasteiger partial charge in [0.1, 0.15) is 6.33 Å². The molecule has 0 aliphatic heterocycles. The van der Waals surface area contributed by atoms with Gasteiger partial charge in [0.2, 0.25) is 0 Å². The zero-order chi connectivity index (χ0) is 15.4. The first kappa shape index (κ1) is 15.1. The second-order valence-corrected chi connectivity index (χ2v) is 5.04. The highest BCUT2D eigenvalue weighted by Crippen LogP contribution is 2.14. The Bertz CT molecular complexity index is 676. The van der Waals surface area contributed by atoms with E-state index in [2.05, 4.69) is 15.0 Å². The van der Waals surface area contributed by atoms with Crippen LogP contribution in [-0.2, 0) is 6.54 Å². The number of rotatable bonds is 5. The second kappa shape index (κ2) is 6.45. The molecule has 0 spiro atoms. The standard InChI is InChI=1S/C14H19N5O2/c1-10-8-13(20)19(14(21)17-10)7-6-18(3)11(2)12-4-5-15-9-16-12/h4-5,8-9,11H,6-7H2,1-3H3,(H,17,21)/t11-/m0/s1. The van der Waals surface area contributed by atoms with Crippen molar-refractivity contribution in [2.45, 2.75) is 26.4 Å². The molecule has 0 saturated carbocycles. The lowest BCUT2D eigenvalue weighted by molar-refractivity contribution is 0.244. The number of likely N-dealkylation sites (N-methyl/N-ethyl adjacent to an activating group) is 1. The van der Waals surface area contributed by atoms with Crippen LogP contribution in [-0.4, -0.2) is 38.0 Å². The first-order chi connectivity index (χ1) is 9.99. The van der Waals surface area contributed by atoms with Crippen LogP contribution in [0.4, 0.5) is 0 Å². The van der Waals surface area contributed by atoms with E-state index >= 15 is 0 Å². The Morgan fingerprint density at radius 3 is 2.81 bits per heavy atom. The maximum atomic E-state index is 11.8. The fourth-order valence-electron chi connectivity index (χ4n) is 2.07. The largest absolute Gasteiger partial charge is 0.328 e. The van der Waals surface area contributed by atoms with Gasteiger partial charge in [0, 0.05) is 37.1 Å². The topological polar surface area (TPSA) is 83.9 Å². The summed E-state index contributed by atoms with van der Waals surface area (Å²) in [6, 6.07) is 3.36. The summed E-state index contributed by atoms with van der Waals surface area (Å²) in [4.78, 5) is 36.4. The molecule has 0 fully saturated rings. The molecule has 0 bridgehead atoms. The third kappa shape index (κ3) is 3.63. The summed E-state index contributed by atoms with van der Waals surface area (Å²) in [6.07, 6.45) is 3.21. The highest BCUT2D eigenvalue weighted by molar-refractivity contribution is 5.03. The van der Waals surface area contributed by atoms with E-state index in [-0.39, 0.29) is 17.3 Å². The van der Waals surface area contributed by atoms with Gasteiger partial charge in [0.15, 0.2) is 0 Å². The van der Waals surface area contributed by atoms with E-state index in [0.29, 0.717) is 18.8 Å². The van der Waals surface area contributed by atoms with Crippen molar-refractivity contribution in [3.05, 3.63) is 56.9 Å². The van der Waals surface area contributed by atoms with Gasteiger partial charge in [-0.15, -0.1) is 0 Å². The first-order valence-electron chi connectivity index (χ1n) is 6.76. The number of nitrogens with one attached hydrogen (secondary N) is 1. The van der Waals surface area contributed by atoms with Crippen molar-refractivity contribution in [1.82, 2.24) is 24.4 Å². The van der Waals surface area contributed by atoms with E-state index in [1.165, 1.54) is 17.0 Å². The van der Waals surface area contributed by atoms with Gasteiger partial charge in [-0.1, -0.05) is 0 Å². The highest BCUT2D eigenvalue weighted by Gasteiger charge is 2.13. The Kier molecular flexibility index (Phi) is 4.64. The maximum Gasteiger partial charge on any atom is 0.328 e. The van der Waals surface area contributed by atoms with Gasteiger partial charge in [-0.2, -0.15) is 0 Å². The third-order valence-corrected chi connectivity index (χ3v) is 3.53. The van der Waals surface area contributed by atoms with Crippen LogP contribution in [0.2, 0.25) is 0 Å². The van der Waals surface area contributed by atoms with Gasteiger partial charge in [-0.05, 0) is 27.0 Å². The zero-order valence-electron chi connectivity index (χ0n) is 12.4. The zero-order valence-corrected chi connectivity index (χ0v) is 12.4. The molecule has 2 aromatic heterocycles. The fraction of sp³-hybridized carbons (Fsp3) is 0.429. The summed E-state index contributed by atoms with van der Waals surface area (Å²) in [5.41, 5.74) is 0.823. The fourth-order valence-corrected chi connectivity index (χ4v) is 2.07. The van der Waals surface area contributed by atoms with Crippen LogP contribution in [0.3, 0.4) is 0 Å². The van der Waals surface area contributed by atoms with E-state index in [0.717, 1.165) is 5.69 Å². The normalized spacial score (nSPS) is 12.6. The SMILES string of the molecule is Cc1cc(=O)n(CCN(C)[C@@H](C)c2ccncn2)c(=O)[nH]1. The summed E-state index contributed by atoms with van der Waals surface area (Å²) >= 11 is 0. The third-order valence-electron chi connectivity index (χ3n) is 3.53. The van der Waals surface area contributed by atoms with Crippen LogP contribution in [0.15, 0.2) is 34.2 Å². The molecule has 0 aliphatic rings. The number of hydrogen-bond acceptors (Lipinski definition) is 5. The van der Waals surface area contributed by atoms with Gasteiger partial charge in [-0.3, -0.25) is 14.3 Å².